The average molecular weight is 335 g/mol. The summed E-state index contributed by atoms with van der Waals surface area (Å²) in [6, 6.07) is 13.9. The maximum atomic E-state index is 12.4. The molecule has 1 amide bonds. The Kier molecular flexibility index (Phi) is 4.01. The van der Waals surface area contributed by atoms with Gasteiger partial charge in [0.1, 0.15) is 5.82 Å². The van der Waals surface area contributed by atoms with Crippen LogP contribution in [0.3, 0.4) is 0 Å². The molecule has 0 spiro atoms. The molecule has 5 heteroatoms. The summed E-state index contributed by atoms with van der Waals surface area (Å²) in [7, 11) is 0. The number of hydrogen-bond donors (Lipinski definition) is 1. The largest absolute Gasteiger partial charge is 0.307 e. The van der Waals surface area contributed by atoms with Gasteiger partial charge in [-0.05, 0) is 48.9 Å². The lowest BCUT2D eigenvalue weighted by atomic mass is 10.2. The van der Waals surface area contributed by atoms with Crippen LogP contribution in [-0.4, -0.2) is 15.7 Å². The van der Waals surface area contributed by atoms with Crippen LogP contribution in [-0.2, 0) is 17.6 Å². The van der Waals surface area contributed by atoms with E-state index < -0.39 is 0 Å². The van der Waals surface area contributed by atoms with Crippen LogP contribution in [0.25, 0.3) is 11.8 Å². The van der Waals surface area contributed by atoms with Gasteiger partial charge in [-0.1, -0.05) is 24.3 Å². The van der Waals surface area contributed by atoms with Gasteiger partial charge in [0.05, 0.1) is 11.4 Å². The van der Waals surface area contributed by atoms with Gasteiger partial charge in [-0.25, -0.2) is 4.68 Å². The minimum Gasteiger partial charge on any atom is -0.307 e. The van der Waals surface area contributed by atoms with E-state index in [-0.39, 0.29) is 5.91 Å². The number of para-hydroxylation sites is 1. The van der Waals surface area contributed by atoms with E-state index in [0.717, 1.165) is 46.9 Å². The third kappa shape index (κ3) is 2.90. The maximum Gasteiger partial charge on any atom is 0.249 e. The summed E-state index contributed by atoms with van der Waals surface area (Å²) in [5, 5.41) is 9.73. The average Bonchev–Trinajstić information content (AvgIpc) is 3.33. The van der Waals surface area contributed by atoms with Crippen LogP contribution in [0.4, 0.5) is 5.82 Å². The smallest absolute Gasteiger partial charge is 0.249 e. The molecule has 1 N–H and O–H groups in total. The minimum absolute atomic E-state index is 0.129. The molecule has 3 aromatic rings. The van der Waals surface area contributed by atoms with Crippen molar-refractivity contribution in [1.29, 1.82) is 0 Å². The van der Waals surface area contributed by atoms with Gasteiger partial charge in [0.25, 0.3) is 0 Å². The van der Waals surface area contributed by atoms with Crippen molar-refractivity contribution in [2.75, 3.05) is 5.32 Å². The monoisotopic (exact) mass is 335 g/mol. The van der Waals surface area contributed by atoms with Crippen LogP contribution in [0.15, 0.2) is 53.9 Å². The zero-order valence-corrected chi connectivity index (χ0v) is 13.9. The fourth-order valence-corrected chi connectivity index (χ4v) is 3.60. The molecule has 1 aromatic carbocycles. The molecule has 4 nitrogen and oxygen atoms in total. The van der Waals surface area contributed by atoms with E-state index in [1.807, 2.05) is 58.6 Å². The van der Waals surface area contributed by atoms with Gasteiger partial charge in [-0.3, -0.25) is 4.79 Å². The first kappa shape index (κ1) is 14.9. The minimum atomic E-state index is -0.129. The molecule has 4 rings (SSSR count). The first-order valence-corrected chi connectivity index (χ1v) is 8.88. The highest BCUT2D eigenvalue weighted by Crippen LogP contribution is 2.30. The number of hydrogen-bond acceptors (Lipinski definition) is 3. The second-order valence-corrected chi connectivity index (χ2v) is 6.69. The van der Waals surface area contributed by atoms with Gasteiger partial charge < -0.3 is 5.32 Å². The number of nitrogens with zero attached hydrogens (tertiary/aromatic N) is 2. The topological polar surface area (TPSA) is 46.9 Å². The Balaban J connectivity index is 1.63. The van der Waals surface area contributed by atoms with E-state index in [0.29, 0.717) is 0 Å². The highest BCUT2D eigenvalue weighted by molar-refractivity contribution is 7.10. The molecule has 1 aliphatic carbocycles. The molecule has 0 unspecified atom stereocenters. The van der Waals surface area contributed by atoms with Crippen molar-refractivity contribution in [3.05, 3.63) is 70.1 Å². The standard InChI is InChI=1S/C19H17N3OS/c23-18(12-11-15-8-5-13-24-15)20-19-16-9-4-10-17(16)21-22(19)14-6-2-1-3-7-14/h1-3,5-8,11-13H,4,9-10H2,(H,20,23)/b12-11+. The van der Waals surface area contributed by atoms with Crippen molar-refractivity contribution in [2.24, 2.45) is 0 Å². The second kappa shape index (κ2) is 6.45. The maximum absolute atomic E-state index is 12.4. The summed E-state index contributed by atoms with van der Waals surface area (Å²) >= 11 is 1.61. The number of amides is 1. The Hall–Kier alpha value is -2.66. The van der Waals surface area contributed by atoms with Crippen LogP contribution in [0.2, 0.25) is 0 Å². The molecule has 0 radical (unpaired) electrons. The van der Waals surface area contributed by atoms with Gasteiger partial charge in [-0.15, -0.1) is 11.3 Å². The number of carbonyl (C=O) groups is 1. The zero-order valence-electron chi connectivity index (χ0n) is 13.1. The Morgan fingerprint density at radius 3 is 2.83 bits per heavy atom. The van der Waals surface area contributed by atoms with Gasteiger partial charge in [0.2, 0.25) is 5.91 Å². The lowest BCUT2D eigenvalue weighted by molar-refractivity contribution is -0.111. The predicted molar refractivity (Wildman–Crippen MR) is 97.6 cm³/mol. The molecule has 2 heterocycles. The molecule has 120 valence electrons. The number of rotatable bonds is 4. The molecule has 0 fully saturated rings. The van der Waals surface area contributed by atoms with Gasteiger partial charge in [-0.2, -0.15) is 5.10 Å². The van der Waals surface area contributed by atoms with E-state index in [2.05, 4.69) is 5.32 Å². The molecular formula is C19H17N3OS. The van der Waals surface area contributed by atoms with Crippen molar-refractivity contribution in [3.63, 3.8) is 0 Å². The summed E-state index contributed by atoms with van der Waals surface area (Å²) in [6.07, 6.45) is 6.45. The first-order valence-electron chi connectivity index (χ1n) is 8.00. The quantitative estimate of drug-likeness (QED) is 0.731. The Morgan fingerprint density at radius 1 is 1.17 bits per heavy atom. The predicted octanol–water partition coefficient (Wildman–Crippen LogP) is 4.07. The summed E-state index contributed by atoms with van der Waals surface area (Å²) < 4.78 is 1.85. The fourth-order valence-electron chi connectivity index (χ4n) is 2.98. The Labute approximate surface area is 144 Å². The summed E-state index contributed by atoms with van der Waals surface area (Å²) in [5.74, 6) is 0.671. The van der Waals surface area contributed by atoms with Crippen molar-refractivity contribution < 1.29 is 4.79 Å². The van der Waals surface area contributed by atoms with E-state index in [1.54, 1.807) is 17.4 Å². The molecule has 2 aromatic heterocycles. The van der Waals surface area contributed by atoms with Crippen molar-refractivity contribution in [3.8, 4) is 5.69 Å². The summed E-state index contributed by atoms with van der Waals surface area (Å²) in [6.45, 7) is 0. The highest BCUT2D eigenvalue weighted by Gasteiger charge is 2.23. The van der Waals surface area contributed by atoms with Crippen LogP contribution in [0.5, 0.6) is 0 Å². The molecule has 0 aliphatic heterocycles. The number of aromatic nitrogens is 2. The van der Waals surface area contributed by atoms with Crippen LogP contribution < -0.4 is 5.32 Å². The lowest BCUT2D eigenvalue weighted by Crippen LogP contribution is -2.13. The van der Waals surface area contributed by atoms with Crippen molar-refractivity contribution in [2.45, 2.75) is 19.3 Å². The van der Waals surface area contributed by atoms with Gasteiger partial charge >= 0.3 is 0 Å². The Morgan fingerprint density at radius 2 is 2.04 bits per heavy atom. The third-order valence-electron chi connectivity index (χ3n) is 4.09. The number of carbonyl (C=O) groups excluding carboxylic acids is 1. The van der Waals surface area contributed by atoms with E-state index in [9.17, 15) is 4.79 Å². The molecule has 0 saturated carbocycles. The second-order valence-electron chi connectivity index (χ2n) is 5.71. The van der Waals surface area contributed by atoms with Crippen molar-refractivity contribution >= 4 is 29.1 Å². The molecule has 24 heavy (non-hydrogen) atoms. The van der Waals surface area contributed by atoms with E-state index >= 15 is 0 Å². The number of aryl methyl sites for hydroxylation is 1. The van der Waals surface area contributed by atoms with Crippen LogP contribution >= 0.6 is 11.3 Å². The fraction of sp³-hybridized carbons (Fsp3) is 0.158. The number of fused-ring (bicyclic) bond motifs is 1. The zero-order chi connectivity index (χ0) is 16.4. The van der Waals surface area contributed by atoms with E-state index in [4.69, 9.17) is 5.10 Å². The number of benzene rings is 1. The van der Waals surface area contributed by atoms with Crippen LogP contribution in [0, 0.1) is 0 Å². The molecule has 0 atom stereocenters. The normalized spacial score (nSPS) is 13.3. The molecule has 1 aliphatic rings. The Bertz CT molecular complexity index is 879. The van der Waals surface area contributed by atoms with Gasteiger partial charge in [0, 0.05) is 16.5 Å². The molecular weight excluding hydrogens is 318 g/mol. The lowest BCUT2D eigenvalue weighted by Gasteiger charge is -2.09. The number of nitrogens with one attached hydrogen (secondary N) is 1. The number of anilines is 1. The molecule has 0 bridgehead atoms. The first-order chi connectivity index (χ1) is 11.8. The number of thiophene rings is 1. The van der Waals surface area contributed by atoms with Crippen LogP contribution in [0.1, 0.15) is 22.6 Å². The molecule has 0 saturated heterocycles. The third-order valence-corrected chi connectivity index (χ3v) is 4.93. The van der Waals surface area contributed by atoms with Gasteiger partial charge in [0.15, 0.2) is 0 Å². The van der Waals surface area contributed by atoms with Crippen molar-refractivity contribution in [1.82, 2.24) is 9.78 Å². The SMILES string of the molecule is O=C(/C=C/c1cccs1)Nc1c2c(nn1-c1ccccc1)CCC2. The summed E-state index contributed by atoms with van der Waals surface area (Å²) in [5.41, 5.74) is 3.22. The van der Waals surface area contributed by atoms with E-state index in [1.165, 1.54) is 0 Å². The summed E-state index contributed by atoms with van der Waals surface area (Å²) in [4.78, 5) is 13.4. The highest BCUT2D eigenvalue weighted by atomic mass is 32.1.